The Hall–Kier alpha value is -0.820. The molecule has 1 nitrogen and oxygen atoms in total. The summed E-state index contributed by atoms with van der Waals surface area (Å²) < 4.78 is 0. The lowest BCUT2D eigenvalue weighted by Gasteiger charge is -2.38. The molecule has 0 heterocycles. The summed E-state index contributed by atoms with van der Waals surface area (Å²) >= 11 is 0. The molecule has 0 aliphatic heterocycles. The van der Waals surface area contributed by atoms with Crippen molar-refractivity contribution in [1.29, 1.82) is 0 Å². The number of hydrogen-bond donors (Lipinski definition) is 1. The molecule has 2 rings (SSSR count). The zero-order chi connectivity index (χ0) is 13.8. The SMILES string of the molecule is CC(C)Cc1cccc(C2CCC2CNC(C)C)c1. The third-order valence-electron chi connectivity index (χ3n) is 4.23. The Morgan fingerprint density at radius 3 is 2.53 bits per heavy atom. The molecule has 1 fully saturated rings. The van der Waals surface area contributed by atoms with Gasteiger partial charge in [0.2, 0.25) is 0 Å². The molecule has 1 saturated carbocycles. The van der Waals surface area contributed by atoms with Gasteiger partial charge in [0.15, 0.2) is 0 Å². The first kappa shape index (κ1) is 14.6. The first-order chi connectivity index (χ1) is 9.06. The highest BCUT2D eigenvalue weighted by Crippen LogP contribution is 2.42. The summed E-state index contributed by atoms with van der Waals surface area (Å²) in [5.74, 6) is 2.38. The Morgan fingerprint density at radius 1 is 1.16 bits per heavy atom. The van der Waals surface area contributed by atoms with Gasteiger partial charge in [0.1, 0.15) is 0 Å². The van der Waals surface area contributed by atoms with Crippen LogP contribution in [0.5, 0.6) is 0 Å². The van der Waals surface area contributed by atoms with E-state index >= 15 is 0 Å². The average Bonchev–Trinajstić information content (AvgIpc) is 2.26. The van der Waals surface area contributed by atoms with Crippen LogP contribution in [0.25, 0.3) is 0 Å². The molecule has 0 aromatic heterocycles. The zero-order valence-corrected chi connectivity index (χ0v) is 12.9. The highest BCUT2D eigenvalue weighted by atomic mass is 14.9. The van der Waals surface area contributed by atoms with Gasteiger partial charge in [-0.2, -0.15) is 0 Å². The second-order valence-corrected chi connectivity index (χ2v) is 6.85. The van der Waals surface area contributed by atoms with Gasteiger partial charge >= 0.3 is 0 Å². The van der Waals surface area contributed by atoms with Gasteiger partial charge in [-0.1, -0.05) is 52.0 Å². The number of rotatable bonds is 6. The van der Waals surface area contributed by atoms with E-state index in [0.717, 1.165) is 17.8 Å². The standard InChI is InChI=1S/C18H29N/c1-13(2)10-15-6-5-7-16(11-15)18-9-8-17(18)12-19-14(3)4/h5-7,11,13-14,17-19H,8-10,12H2,1-4H3. The van der Waals surface area contributed by atoms with Crippen LogP contribution in [0.4, 0.5) is 0 Å². The third kappa shape index (κ3) is 4.07. The Bertz CT molecular complexity index is 394. The van der Waals surface area contributed by atoms with Gasteiger partial charge in [-0.05, 0) is 54.7 Å². The van der Waals surface area contributed by atoms with E-state index in [1.165, 1.54) is 31.4 Å². The summed E-state index contributed by atoms with van der Waals surface area (Å²) in [7, 11) is 0. The molecule has 1 aliphatic rings. The molecule has 1 aromatic carbocycles. The summed E-state index contributed by atoms with van der Waals surface area (Å²) in [6, 6.07) is 9.91. The van der Waals surface area contributed by atoms with Crippen molar-refractivity contribution in [2.24, 2.45) is 11.8 Å². The van der Waals surface area contributed by atoms with E-state index in [0.29, 0.717) is 6.04 Å². The van der Waals surface area contributed by atoms with E-state index in [1.807, 2.05) is 0 Å². The summed E-state index contributed by atoms with van der Waals surface area (Å²) in [5.41, 5.74) is 3.08. The Kier molecular flexibility index (Phi) is 5.04. The molecule has 2 atom stereocenters. The van der Waals surface area contributed by atoms with Gasteiger partial charge in [-0.15, -0.1) is 0 Å². The molecule has 106 valence electrons. The van der Waals surface area contributed by atoms with Crippen molar-refractivity contribution in [3.05, 3.63) is 35.4 Å². The minimum Gasteiger partial charge on any atom is -0.314 e. The van der Waals surface area contributed by atoms with Crippen molar-refractivity contribution in [2.45, 2.75) is 58.9 Å². The van der Waals surface area contributed by atoms with Crippen molar-refractivity contribution in [1.82, 2.24) is 5.32 Å². The summed E-state index contributed by atoms with van der Waals surface area (Å²) in [4.78, 5) is 0. The zero-order valence-electron chi connectivity index (χ0n) is 12.9. The minimum absolute atomic E-state index is 0.605. The second kappa shape index (κ2) is 6.56. The maximum Gasteiger partial charge on any atom is 0.00104 e. The van der Waals surface area contributed by atoms with E-state index in [9.17, 15) is 0 Å². The minimum atomic E-state index is 0.605. The molecule has 19 heavy (non-hydrogen) atoms. The van der Waals surface area contributed by atoms with E-state index in [1.54, 1.807) is 5.56 Å². The fraction of sp³-hybridized carbons (Fsp3) is 0.667. The predicted molar refractivity (Wildman–Crippen MR) is 83.6 cm³/mol. The van der Waals surface area contributed by atoms with Crippen LogP contribution in [-0.2, 0) is 6.42 Å². The summed E-state index contributed by atoms with van der Waals surface area (Å²) in [6.07, 6.45) is 3.96. The normalized spacial score (nSPS) is 22.8. The monoisotopic (exact) mass is 259 g/mol. The molecule has 0 saturated heterocycles. The van der Waals surface area contributed by atoms with Crippen molar-refractivity contribution in [2.75, 3.05) is 6.54 Å². The van der Waals surface area contributed by atoms with Crippen molar-refractivity contribution >= 4 is 0 Å². The van der Waals surface area contributed by atoms with E-state index in [2.05, 4.69) is 57.3 Å². The second-order valence-electron chi connectivity index (χ2n) is 6.85. The van der Waals surface area contributed by atoms with Gasteiger partial charge in [0, 0.05) is 6.04 Å². The quantitative estimate of drug-likeness (QED) is 0.799. The maximum atomic E-state index is 3.59. The number of nitrogens with one attached hydrogen (secondary N) is 1. The molecule has 0 spiro atoms. The van der Waals surface area contributed by atoms with Crippen LogP contribution in [0.1, 0.15) is 57.6 Å². The largest absolute Gasteiger partial charge is 0.314 e. The van der Waals surface area contributed by atoms with Gasteiger partial charge in [-0.25, -0.2) is 0 Å². The number of benzene rings is 1. The fourth-order valence-corrected chi connectivity index (χ4v) is 3.06. The smallest absolute Gasteiger partial charge is 0.00104 e. The molecule has 0 radical (unpaired) electrons. The maximum absolute atomic E-state index is 3.59. The van der Waals surface area contributed by atoms with E-state index in [4.69, 9.17) is 0 Å². The fourth-order valence-electron chi connectivity index (χ4n) is 3.06. The van der Waals surface area contributed by atoms with Gasteiger partial charge in [-0.3, -0.25) is 0 Å². The molecule has 2 unspecified atom stereocenters. The Morgan fingerprint density at radius 2 is 1.95 bits per heavy atom. The lowest BCUT2D eigenvalue weighted by Crippen LogP contribution is -2.36. The molecular weight excluding hydrogens is 230 g/mol. The van der Waals surface area contributed by atoms with Crippen LogP contribution in [-0.4, -0.2) is 12.6 Å². The highest BCUT2D eigenvalue weighted by molar-refractivity contribution is 5.29. The van der Waals surface area contributed by atoms with Crippen LogP contribution in [0.2, 0.25) is 0 Å². The average molecular weight is 259 g/mol. The van der Waals surface area contributed by atoms with Crippen LogP contribution < -0.4 is 5.32 Å². The predicted octanol–water partition coefficient (Wildman–Crippen LogP) is 4.38. The van der Waals surface area contributed by atoms with E-state index in [-0.39, 0.29) is 0 Å². The summed E-state index contributed by atoms with van der Waals surface area (Å²) in [5, 5.41) is 3.59. The van der Waals surface area contributed by atoms with Crippen molar-refractivity contribution in [3.8, 4) is 0 Å². The Balaban J connectivity index is 1.97. The molecule has 1 aromatic rings. The van der Waals surface area contributed by atoms with Crippen LogP contribution in [0, 0.1) is 11.8 Å². The number of hydrogen-bond acceptors (Lipinski definition) is 1. The lowest BCUT2D eigenvalue weighted by atomic mass is 9.69. The molecule has 1 heteroatoms. The molecular formula is C18H29N. The lowest BCUT2D eigenvalue weighted by molar-refractivity contribution is 0.240. The van der Waals surface area contributed by atoms with E-state index < -0.39 is 0 Å². The van der Waals surface area contributed by atoms with Crippen LogP contribution >= 0.6 is 0 Å². The Labute approximate surface area is 118 Å². The summed E-state index contributed by atoms with van der Waals surface area (Å²) in [6.45, 7) is 10.2. The highest BCUT2D eigenvalue weighted by Gasteiger charge is 2.31. The van der Waals surface area contributed by atoms with Gasteiger partial charge in [0.05, 0.1) is 0 Å². The van der Waals surface area contributed by atoms with Crippen LogP contribution in [0.15, 0.2) is 24.3 Å². The van der Waals surface area contributed by atoms with Gasteiger partial charge < -0.3 is 5.32 Å². The first-order valence-corrected chi connectivity index (χ1v) is 7.88. The third-order valence-corrected chi connectivity index (χ3v) is 4.23. The van der Waals surface area contributed by atoms with Crippen molar-refractivity contribution < 1.29 is 0 Å². The van der Waals surface area contributed by atoms with Crippen LogP contribution in [0.3, 0.4) is 0 Å². The molecule has 0 bridgehead atoms. The first-order valence-electron chi connectivity index (χ1n) is 7.88. The van der Waals surface area contributed by atoms with Crippen molar-refractivity contribution in [3.63, 3.8) is 0 Å². The molecule has 1 N–H and O–H groups in total. The molecule has 1 aliphatic carbocycles. The topological polar surface area (TPSA) is 12.0 Å². The van der Waals surface area contributed by atoms with Gasteiger partial charge in [0.25, 0.3) is 0 Å². The molecule has 0 amide bonds.